The number of carbonyl (C=O) groups is 2. The Kier molecular flexibility index (Phi) is 7.57. The molecule has 0 bridgehead atoms. The minimum absolute atomic E-state index is 0.118. The van der Waals surface area contributed by atoms with Gasteiger partial charge in [-0.1, -0.05) is 36.4 Å². The highest BCUT2D eigenvalue weighted by Crippen LogP contribution is 2.37. The van der Waals surface area contributed by atoms with Gasteiger partial charge in [-0.2, -0.15) is 5.10 Å². The third-order valence-electron chi connectivity index (χ3n) is 5.76. The molecule has 1 aliphatic rings. The number of hydrazone groups is 1. The van der Waals surface area contributed by atoms with Crippen LogP contribution in [-0.2, 0) is 9.53 Å². The van der Waals surface area contributed by atoms with Crippen LogP contribution in [0.1, 0.15) is 34.1 Å². The zero-order chi connectivity index (χ0) is 24.8. The van der Waals surface area contributed by atoms with E-state index in [1.165, 1.54) is 35.4 Å². The third kappa shape index (κ3) is 5.25. The molecule has 0 aliphatic carbocycles. The number of amides is 2. The number of furan rings is 1. The number of ether oxygens (including phenoxy) is 2. The van der Waals surface area contributed by atoms with Crippen molar-refractivity contribution in [3.63, 3.8) is 0 Å². The van der Waals surface area contributed by atoms with Crippen molar-refractivity contribution in [2.75, 3.05) is 33.9 Å². The van der Waals surface area contributed by atoms with E-state index in [9.17, 15) is 14.0 Å². The van der Waals surface area contributed by atoms with Crippen LogP contribution in [0.4, 0.5) is 4.39 Å². The molecule has 0 fully saturated rings. The van der Waals surface area contributed by atoms with Crippen molar-refractivity contribution in [3.05, 3.63) is 89.6 Å². The molecule has 0 saturated carbocycles. The summed E-state index contributed by atoms with van der Waals surface area (Å²) >= 11 is 0. The van der Waals surface area contributed by atoms with Gasteiger partial charge in [-0.15, -0.1) is 0 Å². The summed E-state index contributed by atoms with van der Waals surface area (Å²) in [5.41, 5.74) is 1.50. The molecule has 2 aromatic carbocycles. The van der Waals surface area contributed by atoms with Gasteiger partial charge in [-0.3, -0.25) is 9.59 Å². The van der Waals surface area contributed by atoms with Crippen molar-refractivity contribution in [3.8, 4) is 5.75 Å². The van der Waals surface area contributed by atoms with Crippen LogP contribution >= 0.6 is 0 Å². The summed E-state index contributed by atoms with van der Waals surface area (Å²) in [6.45, 7) is 0.154. The maximum atomic E-state index is 14.6. The summed E-state index contributed by atoms with van der Waals surface area (Å²) in [5.74, 6) is -0.584. The SMILES string of the molecule is COCCN(CC(=O)N1N=C(c2ccccc2F)CC1c1ccccc1OC)C(=O)c1ccco1. The van der Waals surface area contributed by atoms with Crippen molar-refractivity contribution in [2.24, 2.45) is 5.10 Å². The maximum Gasteiger partial charge on any atom is 0.290 e. The molecule has 2 heterocycles. The summed E-state index contributed by atoms with van der Waals surface area (Å²) in [4.78, 5) is 27.8. The van der Waals surface area contributed by atoms with Crippen LogP contribution in [0.3, 0.4) is 0 Å². The Bertz CT molecular complexity index is 1210. The van der Waals surface area contributed by atoms with Crippen LogP contribution in [0.5, 0.6) is 5.75 Å². The number of halogens is 1. The van der Waals surface area contributed by atoms with Crippen molar-refractivity contribution in [1.29, 1.82) is 0 Å². The largest absolute Gasteiger partial charge is 0.496 e. The smallest absolute Gasteiger partial charge is 0.290 e. The van der Waals surface area contributed by atoms with Gasteiger partial charge in [-0.05, 0) is 24.3 Å². The lowest BCUT2D eigenvalue weighted by molar-refractivity contribution is -0.133. The first kappa shape index (κ1) is 24.2. The van der Waals surface area contributed by atoms with Crippen molar-refractivity contribution < 1.29 is 27.9 Å². The zero-order valence-electron chi connectivity index (χ0n) is 19.5. The van der Waals surface area contributed by atoms with Crippen molar-refractivity contribution in [2.45, 2.75) is 12.5 Å². The van der Waals surface area contributed by atoms with E-state index in [4.69, 9.17) is 13.9 Å². The molecule has 1 aliphatic heterocycles. The molecule has 1 atom stereocenters. The number of benzene rings is 2. The van der Waals surface area contributed by atoms with E-state index >= 15 is 0 Å². The monoisotopic (exact) mass is 479 g/mol. The van der Waals surface area contributed by atoms with Gasteiger partial charge < -0.3 is 18.8 Å². The number of carbonyl (C=O) groups excluding carboxylic acids is 2. The first-order chi connectivity index (χ1) is 17.0. The number of hydrogen-bond donors (Lipinski definition) is 0. The van der Waals surface area contributed by atoms with Gasteiger partial charge in [0.2, 0.25) is 0 Å². The van der Waals surface area contributed by atoms with Crippen molar-refractivity contribution >= 4 is 17.5 Å². The fourth-order valence-corrected chi connectivity index (χ4v) is 4.03. The average molecular weight is 480 g/mol. The fraction of sp³-hybridized carbons (Fsp3) is 0.269. The topological polar surface area (TPSA) is 84.6 Å². The first-order valence-corrected chi connectivity index (χ1v) is 11.1. The molecular formula is C26H26FN3O5. The van der Waals surface area contributed by atoms with Gasteiger partial charge in [0.05, 0.1) is 31.7 Å². The molecule has 182 valence electrons. The average Bonchev–Trinajstić information content (AvgIpc) is 3.57. The van der Waals surface area contributed by atoms with E-state index in [0.717, 1.165) is 5.56 Å². The minimum Gasteiger partial charge on any atom is -0.496 e. The highest BCUT2D eigenvalue weighted by molar-refractivity contribution is 6.04. The zero-order valence-corrected chi connectivity index (χ0v) is 19.5. The summed E-state index contributed by atoms with van der Waals surface area (Å²) < 4.78 is 30.4. The maximum absolute atomic E-state index is 14.6. The molecule has 4 rings (SSSR count). The predicted molar refractivity (Wildman–Crippen MR) is 127 cm³/mol. The number of methoxy groups -OCH3 is 2. The highest BCUT2D eigenvalue weighted by Gasteiger charge is 2.36. The quantitative estimate of drug-likeness (QED) is 0.465. The van der Waals surface area contributed by atoms with E-state index < -0.39 is 23.7 Å². The Balaban J connectivity index is 1.67. The Morgan fingerprint density at radius 2 is 1.89 bits per heavy atom. The number of para-hydroxylation sites is 1. The molecule has 9 heteroatoms. The summed E-state index contributed by atoms with van der Waals surface area (Å²) in [6, 6.07) is 16.2. The standard InChI is InChI=1S/C26H26FN3O5/c1-33-15-13-29(26(32)24-12-7-14-35-24)17-25(31)30-22(19-9-4-6-11-23(19)34-2)16-21(28-30)18-8-3-5-10-20(18)27/h3-12,14,22H,13,15-17H2,1-2H3. The molecule has 1 aromatic heterocycles. The van der Waals surface area contributed by atoms with Crippen LogP contribution in [0.2, 0.25) is 0 Å². The Morgan fingerprint density at radius 1 is 1.11 bits per heavy atom. The molecule has 3 aromatic rings. The molecule has 1 unspecified atom stereocenters. The molecule has 0 spiro atoms. The van der Waals surface area contributed by atoms with E-state index in [1.54, 1.807) is 37.4 Å². The lowest BCUT2D eigenvalue weighted by Crippen LogP contribution is -2.42. The van der Waals surface area contributed by atoms with Gasteiger partial charge in [0.15, 0.2) is 5.76 Å². The van der Waals surface area contributed by atoms with Crippen molar-refractivity contribution in [1.82, 2.24) is 9.91 Å². The van der Waals surface area contributed by atoms with Gasteiger partial charge in [0.1, 0.15) is 18.1 Å². The summed E-state index contributed by atoms with van der Waals surface area (Å²) in [5, 5.41) is 5.83. The lowest BCUT2D eigenvalue weighted by atomic mass is 9.97. The lowest BCUT2D eigenvalue weighted by Gasteiger charge is -2.27. The summed E-state index contributed by atoms with van der Waals surface area (Å²) in [7, 11) is 3.06. The van der Waals surface area contributed by atoms with E-state index in [2.05, 4.69) is 5.10 Å². The molecular weight excluding hydrogens is 453 g/mol. The predicted octanol–water partition coefficient (Wildman–Crippen LogP) is 3.89. The fourth-order valence-electron chi connectivity index (χ4n) is 4.03. The Labute approximate surface area is 202 Å². The highest BCUT2D eigenvalue weighted by atomic mass is 19.1. The first-order valence-electron chi connectivity index (χ1n) is 11.1. The van der Waals surface area contributed by atoms with Crippen LogP contribution in [0, 0.1) is 5.82 Å². The van der Waals surface area contributed by atoms with Crippen LogP contribution in [0.15, 0.2) is 76.4 Å². The number of rotatable bonds is 9. The minimum atomic E-state index is -0.531. The van der Waals surface area contributed by atoms with Crippen LogP contribution in [-0.4, -0.2) is 61.4 Å². The third-order valence-corrected chi connectivity index (χ3v) is 5.76. The molecule has 35 heavy (non-hydrogen) atoms. The number of nitrogens with zero attached hydrogens (tertiary/aromatic N) is 3. The van der Waals surface area contributed by atoms with Crippen LogP contribution in [0.25, 0.3) is 0 Å². The second-order valence-corrected chi connectivity index (χ2v) is 7.92. The Morgan fingerprint density at radius 3 is 2.60 bits per heavy atom. The van der Waals surface area contributed by atoms with Gasteiger partial charge in [0, 0.05) is 31.2 Å². The summed E-state index contributed by atoms with van der Waals surface area (Å²) in [6.07, 6.45) is 1.68. The van der Waals surface area contributed by atoms with E-state index in [-0.39, 0.29) is 31.9 Å². The van der Waals surface area contributed by atoms with Gasteiger partial charge in [0.25, 0.3) is 11.8 Å². The van der Waals surface area contributed by atoms with Crippen LogP contribution < -0.4 is 4.74 Å². The number of hydrogen-bond acceptors (Lipinski definition) is 6. The molecule has 0 N–H and O–H groups in total. The Hall–Kier alpha value is -3.98. The van der Waals surface area contributed by atoms with Gasteiger partial charge in [-0.25, -0.2) is 9.40 Å². The van der Waals surface area contributed by atoms with E-state index in [1.807, 2.05) is 18.2 Å². The van der Waals surface area contributed by atoms with Gasteiger partial charge >= 0.3 is 0 Å². The molecule has 8 nitrogen and oxygen atoms in total. The second kappa shape index (κ2) is 11.0. The molecule has 0 saturated heterocycles. The van der Waals surface area contributed by atoms with E-state index in [0.29, 0.717) is 17.0 Å². The molecule has 0 radical (unpaired) electrons. The second-order valence-electron chi connectivity index (χ2n) is 7.92. The normalized spacial score (nSPS) is 15.1. The molecule has 2 amide bonds.